The molecule has 2 bridgehead atoms. The molecule has 0 spiro atoms. The molecule has 0 aliphatic carbocycles. The van der Waals surface area contributed by atoms with Crippen molar-refractivity contribution in [3.8, 4) is 6.07 Å². The van der Waals surface area contributed by atoms with Crippen LogP contribution in [0.2, 0.25) is 0 Å². The molecule has 2 rings (SSSR count). The summed E-state index contributed by atoms with van der Waals surface area (Å²) in [5, 5.41) is 16.4. The van der Waals surface area contributed by atoms with Gasteiger partial charge >= 0.3 is 0 Å². The van der Waals surface area contributed by atoms with Crippen molar-refractivity contribution < 1.29 is 0 Å². The summed E-state index contributed by atoms with van der Waals surface area (Å²) in [6.45, 7) is 1.24. The van der Waals surface area contributed by atoms with Crippen molar-refractivity contribution in [2.75, 3.05) is 20.1 Å². The van der Waals surface area contributed by atoms with Crippen LogP contribution in [0.25, 0.3) is 10.4 Å². The summed E-state index contributed by atoms with van der Waals surface area (Å²) in [5.41, 5.74) is 7.83. The van der Waals surface area contributed by atoms with Gasteiger partial charge < -0.3 is 4.90 Å². The van der Waals surface area contributed by atoms with Gasteiger partial charge in [-0.15, -0.1) is 0 Å². The Kier molecular flexibility index (Phi) is 4.07. The molecule has 1 N–H and O–H groups in total. The van der Waals surface area contributed by atoms with Crippen molar-refractivity contribution in [1.29, 1.82) is 5.26 Å². The van der Waals surface area contributed by atoms with Gasteiger partial charge in [0.1, 0.15) is 5.54 Å². The molecule has 0 aromatic heterocycles. The van der Waals surface area contributed by atoms with Crippen LogP contribution in [-0.2, 0) is 0 Å². The monoisotopic (exact) mass is 248 g/mol. The first-order valence-electron chi connectivity index (χ1n) is 6.60. The lowest BCUT2D eigenvalue weighted by atomic mass is 9.84. The molecule has 2 aliphatic rings. The minimum atomic E-state index is -0.366. The fourth-order valence-electron chi connectivity index (χ4n) is 3.27. The molecule has 0 aromatic rings. The summed E-state index contributed by atoms with van der Waals surface area (Å²) >= 11 is 0. The second-order valence-electron chi connectivity index (χ2n) is 5.39. The highest BCUT2D eigenvalue weighted by atomic mass is 15.2. The highest BCUT2D eigenvalue weighted by molar-refractivity contribution is 5.15. The maximum Gasteiger partial charge on any atom is 0.109 e. The van der Waals surface area contributed by atoms with Gasteiger partial charge in [-0.05, 0) is 51.2 Å². The summed E-state index contributed by atoms with van der Waals surface area (Å²) in [7, 11) is 2.17. The highest BCUT2D eigenvalue weighted by Gasteiger charge is 2.46. The van der Waals surface area contributed by atoms with Crippen molar-refractivity contribution in [2.24, 2.45) is 5.11 Å². The summed E-state index contributed by atoms with van der Waals surface area (Å²) in [4.78, 5) is 5.15. The molecule has 2 saturated heterocycles. The van der Waals surface area contributed by atoms with E-state index in [1.807, 2.05) is 0 Å². The summed E-state index contributed by atoms with van der Waals surface area (Å²) in [5.74, 6) is 0. The number of hydrogen-bond donors (Lipinski definition) is 1. The number of rotatable bonds is 5. The smallest absolute Gasteiger partial charge is 0.109 e. The molecule has 0 aromatic carbocycles. The maximum atomic E-state index is 9.48. The second kappa shape index (κ2) is 5.57. The number of piperidine rings is 1. The zero-order valence-corrected chi connectivity index (χ0v) is 10.8. The van der Waals surface area contributed by atoms with E-state index in [4.69, 9.17) is 5.53 Å². The average molecular weight is 248 g/mol. The van der Waals surface area contributed by atoms with E-state index < -0.39 is 0 Å². The Bertz CT molecular complexity index is 367. The molecular weight excluding hydrogens is 228 g/mol. The molecule has 2 unspecified atom stereocenters. The lowest BCUT2D eigenvalue weighted by Gasteiger charge is -2.41. The van der Waals surface area contributed by atoms with E-state index in [0.717, 1.165) is 25.8 Å². The maximum absolute atomic E-state index is 9.48. The van der Waals surface area contributed by atoms with Crippen LogP contribution >= 0.6 is 0 Å². The Balaban J connectivity index is 1.88. The second-order valence-corrected chi connectivity index (χ2v) is 5.39. The van der Waals surface area contributed by atoms with Crippen LogP contribution in [-0.4, -0.2) is 42.7 Å². The molecule has 98 valence electrons. The van der Waals surface area contributed by atoms with Crippen LogP contribution in [0.1, 0.15) is 32.1 Å². The molecule has 2 fully saturated rings. The van der Waals surface area contributed by atoms with Crippen LogP contribution in [0.3, 0.4) is 0 Å². The van der Waals surface area contributed by atoms with Gasteiger partial charge in [0.05, 0.1) is 6.07 Å². The van der Waals surface area contributed by atoms with E-state index in [9.17, 15) is 5.26 Å². The van der Waals surface area contributed by atoms with Crippen molar-refractivity contribution in [3.63, 3.8) is 0 Å². The lowest BCUT2D eigenvalue weighted by molar-refractivity contribution is 0.119. The Morgan fingerprint density at radius 2 is 2.17 bits per heavy atom. The Morgan fingerprint density at radius 3 is 2.72 bits per heavy atom. The number of hydrogen-bond acceptors (Lipinski definition) is 4. The van der Waals surface area contributed by atoms with Gasteiger partial charge in [-0.25, -0.2) is 0 Å². The average Bonchev–Trinajstić information content (AvgIpc) is 2.63. The molecular formula is C12H20N6. The topological polar surface area (TPSA) is 87.8 Å². The third-order valence-electron chi connectivity index (χ3n) is 4.33. The number of fused-ring (bicyclic) bond motifs is 2. The predicted octanol–water partition coefficient (Wildman–Crippen LogP) is 1.80. The zero-order chi connectivity index (χ0) is 13.0. The predicted molar refractivity (Wildman–Crippen MR) is 68.8 cm³/mol. The van der Waals surface area contributed by atoms with Crippen molar-refractivity contribution in [1.82, 2.24) is 10.2 Å². The zero-order valence-electron chi connectivity index (χ0n) is 10.8. The molecule has 2 atom stereocenters. The third kappa shape index (κ3) is 2.59. The molecule has 0 saturated carbocycles. The fraction of sp³-hybridized carbons (Fsp3) is 0.917. The molecule has 2 heterocycles. The molecule has 18 heavy (non-hydrogen) atoms. The highest BCUT2D eigenvalue weighted by Crippen LogP contribution is 2.39. The molecule has 6 nitrogen and oxygen atoms in total. The van der Waals surface area contributed by atoms with Gasteiger partial charge in [0.2, 0.25) is 0 Å². The lowest BCUT2D eigenvalue weighted by Crippen LogP contribution is -2.56. The molecule has 6 heteroatoms. The Hall–Kier alpha value is -1.28. The van der Waals surface area contributed by atoms with Gasteiger partial charge in [-0.2, -0.15) is 5.26 Å². The number of nitrogens with one attached hydrogen (secondary N) is 1. The third-order valence-corrected chi connectivity index (χ3v) is 4.33. The van der Waals surface area contributed by atoms with Crippen LogP contribution in [0.15, 0.2) is 5.11 Å². The Labute approximate surface area is 108 Å². The number of nitrogens with zero attached hydrogens (tertiary/aromatic N) is 5. The fourth-order valence-corrected chi connectivity index (χ4v) is 3.27. The minimum absolute atomic E-state index is 0.366. The minimum Gasteiger partial charge on any atom is -0.300 e. The normalized spacial score (nSPS) is 34.9. The first kappa shape index (κ1) is 13.2. The van der Waals surface area contributed by atoms with Crippen molar-refractivity contribution in [2.45, 2.75) is 49.7 Å². The van der Waals surface area contributed by atoms with Gasteiger partial charge in [0.25, 0.3) is 0 Å². The van der Waals surface area contributed by atoms with E-state index in [0.29, 0.717) is 18.6 Å². The van der Waals surface area contributed by atoms with Gasteiger partial charge in [-0.1, -0.05) is 5.11 Å². The van der Waals surface area contributed by atoms with Crippen LogP contribution < -0.4 is 5.32 Å². The first-order valence-corrected chi connectivity index (χ1v) is 6.60. The van der Waals surface area contributed by atoms with Crippen molar-refractivity contribution in [3.05, 3.63) is 10.4 Å². The standard InChI is InChI=1S/C12H20N6/c1-18-10-3-4-11(18)8-12(7-10,9-13)15-5-2-6-16-17-14/h10-11,15H,2-8H2,1H3. The molecule has 2 aliphatic heterocycles. The van der Waals surface area contributed by atoms with Gasteiger partial charge in [0, 0.05) is 23.5 Å². The van der Waals surface area contributed by atoms with E-state index in [1.165, 1.54) is 12.8 Å². The van der Waals surface area contributed by atoms with Crippen LogP contribution in [0.4, 0.5) is 0 Å². The van der Waals surface area contributed by atoms with Crippen molar-refractivity contribution >= 4 is 0 Å². The Morgan fingerprint density at radius 1 is 1.50 bits per heavy atom. The van der Waals surface area contributed by atoms with Gasteiger partial charge in [0.15, 0.2) is 0 Å². The van der Waals surface area contributed by atoms with Gasteiger partial charge in [-0.3, -0.25) is 5.32 Å². The quantitative estimate of drug-likeness (QED) is 0.348. The van der Waals surface area contributed by atoms with E-state index in [-0.39, 0.29) is 5.54 Å². The first-order chi connectivity index (χ1) is 8.71. The SMILES string of the molecule is CN1C2CCC1CC(C#N)(NCCCN=[N+]=[N-])C2. The number of azide groups is 1. The summed E-state index contributed by atoms with van der Waals surface area (Å²) in [6.07, 6.45) is 5.05. The largest absolute Gasteiger partial charge is 0.300 e. The summed E-state index contributed by atoms with van der Waals surface area (Å²) in [6, 6.07) is 3.59. The van der Waals surface area contributed by atoms with Crippen LogP contribution in [0, 0.1) is 11.3 Å². The molecule has 0 radical (unpaired) electrons. The van der Waals surface area contributed by atoms with E-state index in [2.05, 4.69) is 33.4 Å². The molecule has 0 amide bonds. The summed E-state index contributed by atoms with van der Waals surface area (Å²) < 4.78 is 0. The van der Waals surface area contributed by atoms with Crippen LogP contribution in [0.5, 0.6) is 0 Å². The number of nitriles is 1. The van der Waals surface area contributed by atoms with E-state index in [1.54, 1.807) is 0 Å². The van der Waals surface area contributed by atoms with E-state index >= 15 is 0 Å².